The maximum absolute atomic E-state index is 12.9. The van der Waals surface area contributed by atoms with Crippen molar-refractivity contribution >= 4 is 5.97 Å². The van der Waals surface area contributed by atoms with Crippen LogP contribution in [-0.4, -0.2) is 16.1 Å². The second-order valence-corrected chi connectivity index (χ2v) is 5.33. The van der Waals surface area contributed by atoms with Crippen LogP contribution in [0.5, 0.6) is 0 Å². The van der Waals surface area contributed by atoms with E-state index in [4.69, 9.17) is 4.74 Å². The van der Waals surface area contributed by atoms with E-state index in [2.05, 4.69) is 0 Å². The third kappa shape index (κ3) is 3.85. The lowest BCUT2D eigenvalue weighted by Crippen LogP contribution is -2.36. The summed E-state index contributed by atoms with van der Waals surface area (Å²) in [5.41, 5.74) is -2.93. The van der Waals surface area contributed by atoms with E-state index in [0.29, 0.717) is 4.57 Å². The van der Waals surface area contributed by atoms with Crippen molar-refractivity contribution in [1.29, 1.82) is 0 Å². The van der Waals surface area contributed by atoms with Crippen LogP contribution in [0.3, 0.4) is 0 Å². The largest absolute Gasteiger partial charge is 0.458 e. The van der Waals surface area contributed by atoms with E-state index in [9.17, 15) is 22.8 Å². The Kier molecular flexibility index (Phi) is 4.31. The predicted molar refractivity (Wildman–Crippen MR) is 66.3 cm³/mol. The molecule has 0 spiro atoms. The third-order valence-electron chi connectivity index (χ3n) is 2.42. The zero-order chi connectivity index (χ0) is 15.7. The minimum atomic E-state index is -4.73. The SMILES string of the molecule is CC(C(=O)OC(C)(C)C)n1c(C(F)(F)F)cccc1=O. The average molecular weight is 291 g/mol. The van der Waals surface area contributed by atoms with Crippen molar-refractivity contribution < 1.29 is 22.7 Å². The van der Waals surface area contributed by atoms with E-state index in [1.165, 1.54) is 6.92 Å². The Morgan fingerprint density at radius 1 is 1.25 bits per heavy atom. The number of aromatic nitrogens is 1. The maximum atomic E-state index is 12.9. The highest BCUT2D eigenvalue weighted by molar-refractivity contribution is 5.74. The topological polar surface area (TPSA) is 48.3 Å². The number of hydrogen-bond acceptors (Lipinski definition) is 3. The van der Waals surface area contributed by atoms with Gasteiger partial charge >= 0.3 is 12.1 Å². The van der Waals surface area contributed by atoms with Gasteiger partial charge in [-0.3, -0.25) is 9.36 Å². The molecule has 0 bridgehead atoms. The molecule has 0 saturated heterocycles. The summed E-state index contributed by atoms with van der Waals surface area (Å²) in [6.07, 6.45) is -4.73. The molecule has 7 heteroatoms. The number of alkyl halides is 3. The smallest absolute Gasteiger partial charge is 0.431 e. The minimum absolute atomic E-state index is 0.397. The number of nitrogens with zero attached hydrogens (tertiary/aromatic N) is 1. The van der Waals surface area contributed by atoms with Crippen molar-refractivity contribution in [1.82, 2.24) is 4.57 Å². The van der Waals surface area contributed by atoms with Gasteiger partial charge in [-0.15, -0.1) is 0 Å². The standard InChI is InChI=1S/C13H16F3NO3/c1-8(11(19)20-12(2,3)4)17-9(13(14,15)16)6-5-7-10(17)18/h5-8H,1-4H3. The van der Waals surface area contributed by atoms with Crippen molar-refractivity contribution in [3.8, 4) is 0 Å². The number of pyridine rings is 1. The molecule has 0 aliphatic heterocycles. The summed E-state index contributed by atoms with van der Waals surface area (Å²) in [5, 5.41) is 0. The molecule has 112 valence electrons. The van der Waals surface area contributed by atoms with Crippen LogP contribution >= 0.6 is 0 Å². The van der Waals surface area contributed by atoms with Crippen LogP contribution in [0.25, 0.3) is 0 Å². The predicted octanol–water partition coefficient (Wildman–Crippen LogP) is 2.77. The van der Waals surface area contributed by atoms with E-state index in [0.717, 1.165) is 18.2 Å². The van der Waals surface area contributed by atoms with Crippen LogP contribution < -0.4 is 5.56 Å². The lowest BCUT2D eigenvalue weighted by molar-refractivity contribution is -0.161. The lowest BCUT2D eigenvalue weighted by atomic mass is 10.2. The van der Waals surface area contributed by atoms with Gasteiger partial charge in [-0.2, -0.15) is 13.2 Å². The van der Waals surface area contributed by atoms with Crippen LogP contribution in [0, 0.1) is 0 Å². The fraction of sp³-hybridized carbons (Fsp3) is 0.538. The van der Waals surface area contributed by atoms with Gasteiger partial charge < -0.3 is 4.74 Å². The van der Waals surface area contributed by atoms with E-state index < -0.39 is 35.0 Å². The van der Waals surface area contributed by atoms with Crippen molar-refractivity contribution in [2.24, 2.45) is 0 Å². The van der Waals surface area contributed by atoms with Crippen molar-refractivity contribution in [3.63, 3.8) is 0 Å². The zero-order valence-corrected chi connectivity index (χ0v) is 11.6. The van der Waals surface area contributed by atoms with Crippen LogP contribution in [0.15, 0.2) is 23.0 Å². The quantitative estimate of drug-likeness (QED) is 0.787. The summed E-state index contributed by atoms with van der Waals surface area (Å²) in [6, 6.07) is 1.36. The van der Waals surface area contributed by atoms with Crippen molar-refractivity contribution in [2.45, 2.75) is 45.5 Å². The Bertz CT molecular complexity index is 555. The monoisotopic (exact) mass is 291 g/mol. The molecular formula is C13H16F3NO3. The number of rotatable bonds is 2. The summed E-state index contributed by atoms with van der Waals surface area (Å²) >= 11 is 0. The summed E-state index contributed by atoms with van der Waals surface area (Å²) in [4.78, 5) is 23.5. The first-order valence-corrected chi connectivity index (χ1v) is 5.95. The number of esters is 1. The molecule has 20 heavy (non-hydrogen) atoms. The highest BCUT2D eigenvalue weighted by atomic mass is 19.4. The van der Waals surface area contributed by atoms with Gasteiger partial charge in [0.25, 0.3) is 5.56 Å². The highest BCUT2D eigenvalue weighted by Crippen LogP contribution is 2.30. The maximum Gasteiger partial charge on any atom is 0.431 e. The fourth-order valence-corrected chi connectivity index (χ4v) is 1.62. The fourth-order valence-electron chi connectivity index (χ4n) is 1.62. The van der Waals surface area contributed by atoms with Gasteiger partial charge in [0, 0.05) is 6.07 Å². The Labute approximate surface area is 114 Å². The van der Waals surface area contributed by atoms with Gasteiger partial charge in [0.1, 0.15) is 17.3 Å². The summed E-state index contributed by atoms with van der Waals surface area (Å²) < 4.78 is 44.0. The van der Waals surface area contributed by atoms with Crippen molar-refractivity contribution in [3.05, 3.63) is 34.2 Å². The van der Waals surface area contributed by atoms with Gasteiger partial charge in [0.05, 0.1) is 0 Å². The molecular weight excluding hydrogens is 275 g/mol. The first-order chi connectivity index (χ1) is 8.93. The summed E-state index contributed by atoms with van der Waals surface area (Å²) in [6.45, 7) is 5.98. The number of ether oxygens (including phenoxy) is 1. The molecule has 4 nitrogen and oxygen atoms in total. The molecule has 0 aliphatic carbocycles. The first-order valence-electron chi connectivity index (χ1n) is 5.95. The Morgan fingerprint density at radius 2 is 1.80 bits per heavy atom. The third-order valence-corrected chi connectivity index (χ3v) is 2.42. The summed E-state index contributed by atoms with van der Waals surface area (Å²) in [7, 11) is 0. The Hall–Kier alpha value is -1.79. The molecule has 1 atom stereocenters. The van der Waals surface area contributed by atoms with Crippen molar-refractivity contribution in [2.75, 3.05) is 0 Å². The van der Waals surface area contributed by atoms with Gasteiger partial charge in [0.2, 0.25) is 0 Å². The molecule has 0 amide bonds. The molecule has 1 heterocycles. The zero-order valence-electron chi connectivity index (χ0n) is 11.6. The normalized spacial score (nSPS) is 13.9. The molecule has 1 aromatic heterocycles. The number of carbonyl (C=O) groups is 1. The number of carbonyl (C=O) groups excluding carboxylic acids is 1. The molecule has 0 aromatic carbocycles. The number of halogens is 3. The molecule has 1 unspecified atom stereocenters. The van der Waals surface area contributed by atoms with E-state index in [1.54, 1.807) is 20.8 Å². The summed E-state index contributed by atoms with van der Waals surface area (Å²) in [5.74, 6) is -0.892. The van der Waals surface area contributed by atoms with Crippen LogP contribution in [0.2, 0.25) is 0 Å². The first kappa shape index (κ1) is 16.3. The highest BCUT2D eigenvalue weighted by Gasteiger charge is 2.37. The lowest BCUT2D eigenvalue weighted by Gasteiger charge is -2.25. The minimum Gasteiger partial charge on any atom is -0.458 e. The Morgan fingerprint density at radius 3 is 2.25 bits per heavy atom. The van der Waals surface area contributed by atoms with E-state index >= 15 is 0 Å². The van der Waals surface area contributed by atoms with E-state index in [1.807, 2.05) is 0 Å². The number of hydrogen-bond donors (Lipinski definition) is 0. The van der Waals surface area contributed by atoms with Crippen LogP contribution in [0.4, 0.5) is 13.2 Å². The van der Waals surface area contributed by atoms with Gasteiger partial charge in [-0.1, -0.05) is 6.07 Å². The second-order valence-electron chi connectivity index (χ2n) is 5.33. The van der Waals surface area contributed by atoms with Crippen LogP contribution in [0.1, 0.15) is 39.4 Å². The molecule has 0 radical (unpaired) electrons. The van der Waals surface area contributed by atoms with Gasteiger partial charge in [-0.25, -0.2) is 4.79 Å². The van der Waals surface area contributed by atoms with Crippen LogP contribution in [-0.2, 0) is 15.7 Å². The average Bonchev–Trinajstić information content (AvgIpc) is 2.24. The second kappa shape index (κ2) is 5.30. The molecule has 0 aliphatic rings. The molecule has 0 fully saturated rings. The molecule has 1 aromatic rings. The Balaban J connectivity index is 3.26. The van der Waals surface area contributed by atoms with Gasteiger partial charge in [0.15, 0.2) is 0 Å². The molecule has 0 N–H and O–H groups in total. The molecule has 1 rings (SSSR count). The van der Waals surface area contributed by atoms with Gasteiger partial charge in [-0.05, 0) is 33.8 Å². The van der Waals surface area contributed by atoms with E-state index in [-0.39, 0.29) is 0 Å². The molecule has 0 saturated carbocycles.